The number of benzene rings is 1. The van der Waals surface area contributed by atoms with Gasteiger partial charge in [0, 0.05) is 4.47 Å². The molecule has 3 nitrogen and oxygen atoms in total. The van der Waals surface area contributed by atoms with Crippen molar-refractivity contribution in [3.63, 3.8) is 0 Å². The molecule has 0 unspecified atom stereocenters. The van der Waals surface area contributed by atoms with E-state index in [2.05, 4.69) is 22.9 Å². The summed E-state index contributed by atoms with van der Waals surface area (Å²) >= 11 is 3.27. The Bertz CT molecular complexity index is 432. The van der Waals surface area contributed by atoms with Gasteiger partial charge in [-0.25, -0.2) is 4.79 Å². The number of ether oxygens (including phenoxy) is 1. The third-order valence-electron chi connectivity index (χ3n) is 3.43. The van der Waals surface area contributed by atoms with Crippen LogP contribution >= 0.6 is 15.9 Å². The second-order valence-electron chi connectivity index (χ2n) is 5.27. The maximum atomic E-state index is 11.1. The molecular weight excluding hydrogens is 332 g/mol. The number of carboxylic acids is 1. The maximum Gasteiger partial charge on any atom is 0.339 e. The third kappa shape index (κ3) is 7.51. The van der Waals surface area contributed by atoms with Crippen LogP contribution in [-0.2, 0) is 0 Å². The van der Waals surface area contributed by atoms with Crippen LogP contribution in [0.5, 0.6) is 5.75 Å². The molecule has 4 heteroatoms. The van der Waals surface area contributed by atoms with Crippen LogP contribution < -0.4 is 4.74 Å². The molecule has 0 radical (unpaired) electrons. The number of carbonyl (C=O) groups is 1. The van der Waals surface area contributed by atoms with Gasteiger partial charge in [0.15, 0.2) is 0 Å². The van der Waals surface area contributed by atoms with Crippen LogP contribution in [-0.4, -0.2) is 17.7 Å². The van der Waals surface area contributed by atoms with E-state index in [1.807, 2.05) is 0 Å². The van der Waals surface area contributed by atoms with Crippen molar-refractivity contribution in [1.29, 1.82) is 0 Å². The minimum absolute atomic E-state index is 0.212. The highest BCUT2D eigenvalue weighted by Crippen LogP contribution is 2.23. The van der Waals surface area contributed by atoms with Crippen molar-refractivity contribution in [3.8, 4) is 5.75 Å². The number of unbranched alkanes of at least 4 members (excludes halogenated alkanes) is 7. The summed E-state index contributed by atoms with van der Waals surface area (Å²) in [5.41, 5.74) is 0.212. The first-order valence-electron chi connectivity index (χ1n) is 7.80. The standard InChI is InChI=1S/C17H25BrO3/c1-2-3-4-5-6-7-8-9-12-21-16-11-10-14(18)13-15(16)17(19)20/h10-11,13H,2-9,12H2,1H3,(H,19,20). The Morgan fingerprint density at radius 1 is 1.10 bits per heavy atom. The van der Waals surface area contributed by atoms with Gasteiger partial charge in [0.25, 0.3) is 0 Å². The quantitative estimate of drug-likeness (QED) is 0.519. The Hall–Kier alpha value is -1.03. The number of carboxylic acid groups (broad SMARTS) is 1. The molecule has 1 aromatic rings. The third-order valence-corrected chi connectivity index (χ3v) is 3.92. The lowest BCUT2D eigenvalue weighted by Gasteiger charge is -2.09. The van der Waals surface area contributed by atoms with Gasteiger partial charge in [-0.2, -0.15) is 0 Å². The topological polar surface area (TPSA) is 46.5 Å². The largest absolute Gasteiger partial charge is 0.493 e. The number of hydrogen-bond acceptors (Lipinski definition) is 2. The Kier molecular flexibility index (Phi) is 9.15. The molecule has 0 aliphatic carbocycles. The number of halogens is 1. The fraction of sp³-hybridized carbons (Fsp3) is 0.588. The molecule has 0 atom stereocenters. The highest BCUT2D eigenvalue weighted by atomic mass is 79.9. The molecule has 0 aliphatic heterocycles. The average Bonchev–Trinajstić information content (AvgIpc) is 2.46. The molecule has 0 fully saturated rings. The monoisotopic (exact) mass is 356 g/mol. The van der Waals surface area contributed by atoms with E-state index in [1.54, 1.807) is 18.2 Å². The summed E-state index contributed by atoms with van der Waals surface area (Å²) in [4.78, 5) is 11.1. The van der Waals surface area contributed by atoms with Gasteiger partial charge in [-0.05, 0) is 24.6 Å². The molecule has 0 bridgehead atoms. The predicted octanol–water partition coefficient (Wildman–Crippen LogP) is 5.67. The lowest BCUT2D eigenvalue weighted by molar-refractivity contribution is 0.0692. The fourth-order valence-electron chi connectivity index (χ4n) is 2.21. The summed E-state index contributed by atoms with van der Waals surface area (Å²) in [7, 11) is 0. The van der Waals surface area contributed by atoms with Gasteiger partial charge in [0.2, 0.25) is 0 Å². The molecular formula is C17H25BrO3. The number of aromatic carboxylic acids is 1. The van der Waals surface area contributed by atoms with Crippen molar-refractivity contribution >= 4 is 21.9 Å². The van der Waals surface area contributed by atoms with E-state index in [4.69, 9.17) is 9.84 Å². The summed E-state index contributed by atoms with van der Waals surface area (Å²) < 4.78 is 6.35. The zero-order chi connectivity index (χ0) is 15.5. The summed E-state index contributed by atoms with van der Waals surface area (Å²) in [6, 6.07) is 5.08. The van der Waals surface area contributed by atoms with Gasteiger partial charge < -0.3 is 9.84 Å². The van der Waals surface area contributed by atoms with Crippen LogP contribution in [0.3, 0.4) is 0 Å². The van der Waals surface area contributed by atoms with Crippen molar-refractivity contribution in [3.05, 3.63) is 28.2 Å². The fourth-order valence-corrected chi connectivity index (χ4v) is 2.57. The van der Waals surface area contributed by atoms with E-state index < -0.39 is 5.97 Å². The second-order valence-corrected chi connectivity index (χ2v) is 6.18. The zero-order valence-electron chi connectivity index (χ0n) is 12.7. The Morgan fingerprint density at radius 2 is 1.71 bits per heavy atom. The summed E-state index contributed by atoms with van der Waals surface area (Å²) in [6.45, 7) is 2.81. The molecule has 0 aromatic heterocycles. The Balaban J connectivity index is 2.20. The van der Waals surface area contributed by atoms with E-state index in [9.17, 15) is 4.79 Å². The maximum absolute atomic E-state index is 11.1. The van der Waals surface area contributed by atoms with Crippen molar-refractivity contribution < 1.29 is 14.6 Å². The van der Waals surface area contributed by atoms with Crippen LogP contribution in [0.4, 0.5) is 0 Å². The highest BCUT2D eigenvalue weighted by molar-refractivity contribution is 9.10. The smallest absolute Gasteiger partial charge is 0.339 e. The van der Waals surface area contributed by atoms with Gasteiger partial charge in [0.05, 0.1) is 6.61 Å². The Morgan fingerprint density at radius 3 is 2.33 bits per heavy atom. The Labute approximate surface area is 135 Å². The normalized spacial score (nSPS) is 10.6. The highest BCUT2D eigenvalue weighted by Gasteiger charge is 2.11. The van der Waals surface area contributed by atoms with E-state index in [0.717, 1.165) is 17.3 Å². The summed E-state index contributed by atoms with van der Waals surface area (Å²) in [5, 5.41) is 9.13. The lowest BCUT2D eigenvalue weighted by atomic mass is 10.1. The van der Waals surface area contributed by atoms with Crippen molar-refractivity contribution in [2.75, 3.05) is 6.61 Å². The minimum atomic E-state index is -0.956. The van der Waals surface area contributed by atoms with E-state index in [-0.39, 0.29) is 5.56 Å². The number of hydrogen-bond donors (Lipinski definition) is 1. The summed E-state index contributed by atoms with van der Waals surface area (Å²) in [5.74, 6) is -0.504. The lowest BCUT2D eigenvalue weighted by Crippen LogP contribution is -2.04. The minimum Gasteiger partial charge on any atom is -0.493 e. The van der Waals surface area contributed by atoms with Crippen LogP contribution in [0, 0.1) is 0 Å². The van der Waals surface area contributed by atoms with Crippen molar-refractivity contribution in [2.24, 2.45) is 0 Å². The molecule has 0 aliphatic rings. The molecule has 1 aromatic carbocycles. The zero-order valence-corrected chi connectivity index (χ0v) is 14.3. The van der Waals surface area contributed by atoms with Crippen LogP contribution in [0.15, 0.2) is 22.7 Å². The molecule has 0 saturated heterocycles. The van der Waals surface area contributed by atoms with Gasteiger partial charge in [-0.3, -0.25) is 0 Å². The SMILES string of the molecule is CCCCCCCCCCOc1ccc(Br)cc1C(=O)O. The molecule has 0 amide bonds. The van der Waals surface area contributed by atoms with Gasteiger partial charge >= 0.3 is 5.97 Å². The van der Waals surface area contributed by atoms with E-state index in [1.165, 1.54) is 38.5 Å². The average molecular weight is 357 g/mol. The van der Waals surface area contributed by atoms with Gasteiger partial charge in [-0.15, -0.1) is 0 Å². The predicted molar refractivity (Wildman–Crippen MR) is 89.2 cm³/mol. The first-order chi connectivity index (χ1) is 10.1. The molecule has 118 valence electrons. The van der Waals surface area contributed by atoms with Gasteiger partial charge in [0.1, 0.15) is 11.3 Å². The van der Waals surface area contributed by atoms with E-state index in [0.29, 0.717) is 12.4 Å². The molecule has 0 heterocycles. The molecule has 21 heavy (non-hydrogen) atoms. The molecule has 0 spiro atoms. The molecule has 1 N–H and O–H groups in total. The van der Waals surface area contributed by atoms with E-state index >= 15 is 0 Å². The van der Waals surface area contributed by atoms with Crippen LogP contribution in [0.2, 0.25) is 0 Å². The van der Waals surface area contributed by atoms with Gasteiger partial charge in [-0.1, -0.05) is 67.8 Å². The first-order valence-corrected chi connectivity index (χ1v) is 8.60. The summed E-state index contributed by atoms with van der Waals surface area (Å²) in [6.07, 6.45) is 9.93. The van der Waals surface area contributed by atoms with Crippen LogP contribution in [0.25, 0.3) is 0 Å². The molecule has 1 rings (SSSR count). The van der Waals surface area contributed by atoms with Crippen molar-refractivity contribution in [1.82, 2.24) is 0 Å². The molecule has 0 saturated carbocycles. The number of rotatable bonds is 11. The first kappa shape index (κ1) is 18.0. The van der Waals surface area contributed by atoms with Crippen molar-refractivity contribution in [2.45, 2.75) is 58.3 Å². The van der Waals surface area contributed by atoms with Crippen LogP contribution in [0.1, 0.15) is 68.6 Å². The second kappa shape index (κ2) is 10.7.